The van der Waals surface area contributed by atoms with Gasteiger partial charge in [-0.25, -0.2) is 0 Å². The molecule has 0 saturated heterocycles. The second-order valence-electron chi connectivity index (χ2n) is 7.44. The summed E-state index contributed by atoms with van der Waals surface area (Å²) in [5, 5.41) is 11.7. The van der Waals surface area contributed by atoms with Gasteiger partial charge in [-0.2, -0.15) is 5.10 Å². The van der Waals surface area contributed by atoms with Crippen molar-refractivity contribution in [2.45, 2.75) is 13.2 Å². The number of nitrogens with one attached hydrogen (secondary N) is 1. The lowest BCUT2D eigenvalue weighted by Gasteiger charge is -2.06. The fourth-order valence-corrected chi connectivity index (χ4v) is 4.36. The maximum absolute atomic E-state index is 12.7. The van der Waals surface area contributed by atoms with Gasteiger partial charge in [0.1, 0.15) is 12.4 Å². The van der Waals surface area contributed by atoms with Crippen molar-refractivity contribution in [3.05, 3.63) is 113 Å². The van der Waals surface area contributed by atoms with Crippen LogP contribution >= 0.6 is 11.3 Å². The molecule has 0 bridgehead atoms. The first-order valence-electron chi connectivity index (χ1n) is 10.3. The Balaban J connectivity index is 1.22. The minimum absolute atomic E-state index is 0.148. The van der Waals surface area contributed by atoms with E-state index in [9.17, 15) is 4.79 Å². The molecule has 0 aliphatic heterocycles. The van der Waals surface area contributed by atoms with E-state index in [2.05, 4.69) is 40.7 Å². The lowest BCUT2D eigenvalue weighted by atomic mass is 10.0. The Morgan fingerprint density at radius 2 is 1.81 bits per heavy atom. The number of amides is 1. The lowest BCUT2D eigenvalue weighted by molar-refractivity contribution is 0.103. The third kappa shape index (κ3) is 4.55. The average molecular weight is 440 g/mol. The number of hydrogen-bond acceptors (Lipinski definition) is 4. The van der Waals surface area contributed by atoms with E-state index in [0.717, 1.165) is 11.3 Å². The molecule has 0 aliphatic rings. The summed E-state index contributed by atoms with van der Waals surface area (Å²) in [6.45, 7) is 1.06. The van der Waals surface area contributed by atoms with Crippen LogP contribution in [-0.2, 0) is 13.2 Å². The van der Waals surface area contributed by atoms with E-state index in [-0.39, 0.29) is 5.91 Å². The van der Waals surface area contributed by atoms with Crippen molar-refractivity contribution in [2.24, 2.45) is 0 Å². The van der Waals surface area contributed by atoms with Crippen molar-refractivity contribution in [3.63, 3.8) is 0 Å². The van der Waals surface area contributed by atoms with Crippen molar-refractivity contribution in [1.82, 2.24) is 9.78 Å². The summed E-state index contributed by atoms with van der Waals surface area (Å²) >= 11 is 1.40. The molecule has 2 heterocycles. The second-order valence-corrected chi connectivity index (χ2v) is 8.35. The number of para-hydroxylation sites is 1. The predicted octanol–water partition coefficient (Wildman–Crippen LogP) is 5.98. The minimum Gasteiger partial charge on any atom is -0.489 e. The summed E-state index contributed by atoms with van der Waals surface area (Å²) in [5.41, 5.74) is 2.83. The number of aromatic nitrogens is 2. The SMILES string of the molecule is O=C(Nc1cnn(Cc2cccc3ccccc23)c1)c1cc(COc2ccccc2)cs1. The molecular weight excluding hydrogens is 418 g/mol. The molecule has 32 heavy (non-hydrogen) atoms. The first-order chi connectivity index (χ1) is 15.7. The van der Waals surface area contributed by atoms with Crippen LogP contribution in [0.1, 0.15) is 20.8 Å². The minimum atomic E-state index is -0.148. The summed E-state index contributed by atoms with van der Waals surface area (Å²) in [6.07, 6.45) is 3.53. The molecule has 5 rings (SSSR count). The topological polar surface area (TPSA) is 56.2 Å². The van der Waals surface area contributed by atoms with E-state index < -0.39 is 0 Å². The van der Waals surface area contributed by atoms with Crippen molar-refractivity contribution >= 4 is 33.7 Å². The van der Waals surface area contributed by atoms with Gasteiger partial charge >= 0.3 is 0 Å². The molecule has 0 radical (unpaired) electrons. The van der Waals surface area contributed by atoms with Crippen LogP contribution in [0.3, 0.4) is 0 Å². The molecule has 0 aliphatic carbocycles. The number of nitrogens with zero attached hydrogens (tertiary/aromatic N) is 2. The monoisotopic (exact) mass is 439 g/mol. The number of benzene rings is 3. The van der Waals surface area contributed by atoms with Gasteiger partial charge in [0.05, 0.1) is 23.3 Å². The molecule has 5 aromatic rings. The highest BCUT2D eigenvalue weighted by atomic mass is 32.1. The number of anilines is 1. The quantitative estimate of drug-likeness (QED) is 0.339. The van der Waals surface area contributed by atoms with Crippen LogP contribution < -0.4 is 10.1 Å². The normalized spacial score (nSPS) is 10.9. The molecule has 0 saturated carbocycles. The molecule has 1 N–H and O–H groups in total. The predicted molar refractivity (Wildman–Crippen MR) is 128 cm³/mol. The standard InChI is InChI=1S/C26H21N3O2S/c30-26(25-13-19(18-32-25)17-31-23-10-2-1-3-11-23)28-22-14-27-29(16-22)15-21-9-6-8-20-7-4-5-12-24(20)21/h1-14,16,18H,15,17H2,(H,28,30). The molecule has 158 valence electrons. The molecule has 0 fully saturated rings. The zero-order chi connectivity index (χ0) is 21.8. The van der Waals surface area contributed by atoms with E-state index in [0.29, 0.717) is 23.7 Å². The summed E-state index contributed by atoms with van der Waals surface area (Å²) in [4.78, 5) is 13.3. The third-order valence-corrected chi connectivity index (χ3v) is 6.11. The van der Waals surface area contributed by atoms with Gasteiger partial charge in [-0.05, 0) is 39.9 Å². The third-order valence-electron chi connectivity index (χ3n) is 5.13. The summed E-state index contributed by atoms with van der Waals surface area (Å²) in [6, 6.07) is 26.1. The summed E-state index contributed by atoms with van der Waals surface area (Å²) in [5.74, 6) is 0.661. The van der Waals surface area contributed by atoms with Crippen molar-refractivity contribution in [2.75, 3.05) is 5.32 Å². The molecule has 0 spiro atoms. The van der Waals surface area contributed by atoms with Gasteiger partial charge in [-0.15, -0.1) is 11.3 Å². The molecule has 1 amide bonds. The molecule has 5 nitrogen and oxygen atoms in total. The van der Waals surface area contributed by atoms with E-state index in [4.69, 9.17) is 4.74 Å². The van der Waals surface area contributed by atoms with Crippen molar-refractivity contribution in [3.8, 4) is 5.75 Å². The van der Waals surface area contributed by atoms with Gasteiger partial charge in [-0.1, -0.05) is 60.7 Å². The number of fused-ring (bicyclic) bond motifs is 1. The summed E-state index contributed by atoms with van der Waals surface area (Å²) in [7, 11) is 0. The van der Waals surface area contributed by atoms with Gasteiger partial charge < -0.3 is 10.1 Å². The summed E-state index contributed by atoms with van der Waals surface area (Å²) < 4.78 is 7.59. The fraction of sp³-hybridized carbons (Fsp3) is 0.0769. The zero-order valence-corrected chi connectivity index (χ0v) is 18.1. The second kappa shape index (κ2) is 9.08. The highest BCUT2D eigenvalue weighted by Crippen LogP contribution is 2.21. The van der Waals surface area contributed by atoms with Crippen LogP contribution in [0.25, 0.3) is 10.8 Å². The van der Waals surface area contributed by atoms with Crippen LogP contribution in [0.4, 0.5) is 5.69 Å². The highest BCUT2D eigenvalue weighted by Gasteiger charge is 2.12. The maximum Gasteiger partial charge on any atom is 0.265 e. The van der Waals surface area contributed by atoms with E-state index in [1.54, 1.807) is 6.20 Å². The van der Waals surface area contributed by atoms with Gasteiger partial charge in [0, 0.05) is 11.8 Å². The van der Waals surface area contributed by atoms with Crippen LogP contribution in [0.2, 0.25) is 0 Å². The first-order valence-corrected chi connectivity index (χ1v) is 11.2. The van der Waals surface area contributed by atoms with Gasteiger partial charge in [0.2, 0.25) is 0 Å². The highest BCUT2D eigenvalue weighted by molar-refractivity contribution is 7.12. The number of ether oxygens (including phenoxy) is 1. The molecule has 0 atom stereocenters. The first kappa shape index (κ1) is 20.0. The Bertz CT molecular complexity index is 1350. The van der Waals surface area contributed by atoms with Crippen LogP contribution in [0.5, 0.6) is 5.75 Å². The van der Waals surface area contributed by atoms with Crippen LogP contribution in [0.15, 0.2) is 96.6 Å². The molecular formula is C26H21N3O2S. The van der Waals surface area contributed by atoms with Crippen LogP contribution in [-0.4, -0.2) is 15.7 Å². The van der Waals surface area contributed by atoms with E-state index in [1.807, 2.05) is 64.8 Å². The molecule has 6 heteroatoms. The number of rotatable bonds is 7. The lowest BCUT2D eigenvalue weighted by Crippen LogP contribution is -2.09. The van der Waals surface area contributed by atoms with E-state index >= 15 is 0 Å². The Kier molecular flexibility index (Phi) is 5.68. The largest absolute Gasteiger partial charge is 0.489 e. The Hall–Kier alpha value is -3.90. The molecule has 2 aromatic heterocycles. The molecule has 3 aromatic carbocycles. The number of hydrogen-bond donors (Lipinski definition) is 1. The zero-order valence-electron chi connectivity index (χ0n) is 17.3. The Morgan fingerprint density at radius 3 is 2.72 bits per heavy atom. The van der Waals surface area contributed by atoms with Gasteiger partial charge in [0.15, 0.2) is 0 Å². The van der Waals surface area contributed by atoms with Crippen molar-refractivity contribution < 1.29 is 9.53 Å². The Labute approximate surface area is 189 Å². The number of carbonyl (C=O) groups excluding carboxylic acids is 1. The smallest absolute Gasteiger partial charge is 0.265 e. The van der Waals surface area contributed by atoms with Crippen LogP contribution in [0, 0.1) is 0 Å². The Morgan fingerprint density at radius 1 is 1.00 bits per heavy atom. The van der Waals surface area contributed by atoms with E-state index in [1.165, 1.54) is 27.7 Å². The average Bonchev–Trinajstić information content (AvgIpc) is 3.48. The maximum atomic E-state index is 12.7. The van der Waals surface area contributed by atoms with Gasteiger partial charge in [0.25, 0.3) is 5.91 Å². The molecule has 0 unspecified atom stereocenters. The number of carbonyl (C=O) groups is 1. The fourth-order valence-electron chi connectivity index (χ4n) is 3.57. The van der Waals surface area contributed by atoms with Crippen molar-refractivity contribution in [1.29, 1.82) is 0 Å². The van der Waals surface area contributed by atoms with Gasteiger partial charge in [-0.3, -0.25) is 9.48 Å². The number of thiophene rings is 1.